The Bertz CT molecular complexity index is 693. The molecule has 170 valence electrons. The number of hydrogen-bond donors (Lipinski definition) is 2. The molecule has 0 bridgehead atoms. The Morgan fingerprint density at radius 2 is 1.77 bits per heavy atom. The average Bonchev–Trinajstić information content (AvgIpc) is 3.02. The molecule has 0 radical (unpaired) electrons. The van der Waals surface area contributed by atoms with Crippen LogP contribution in [-0.4, -0.2) is 22.4 Å². The molecule has 3 saturated carbocycles. The molecule has 10 atom stereocenters. The first-order valence-corrected chi connectivity index (χ1v) is 12.8. The van der Waals surface area contributed by atoms with E-state index in [9.17, 15) is 10.2 Å². The first kappa shape index (κ1) is 22.6. The zero-order chi connectivity index (χ0) is 21.8. The molecule has 2 N–H and O–H groups in total. The number of fused-ring (bicyclic) bond motifs is 5. The van der Waals surface area contributed by atoms with Gasteiger partial charge in [-0.15, -0.1) is 0 Å². The first-order chi connectivity index (χ1) is 14.1. The van der Waals surface area contributed by atoms with Crippen molar-refractivity contribution in [3.63, 3.8) is 0 Å². The van der Waals surface area contributed by atoms with E-state index in [1.807, 2.05) is 0 Å². The topological polar surface area (TPSA) is 40.5 Å². The Labute approximate surface area is 185 Å². The summed E-state index contributed by atoms with van der Waals surface area (Å²) in [5.41, 5.74) is 1.79. The highest BCUT2D eigenvalue weighted by molar-refractivity contribution is 5.26. The summed E-state index contributed by atoms with van der Waals surface area (Å²) < 4.78 is 0. The van der Waals surface area contributed by atoms with Gasteiger partial charge in [0.1, 0.15) is 0 Å². The van der Waals surface area contributed by atoms with E-state index in [0.29, 0.717) is 35.5 Å². The molecule has 4 aliphatic rings. The molecule has 4 rings (SSSR count). The molecule has 0 aromatic carbocycles. The smallest absolute Gasteiger partial charge is 0.0585 e. The average molecular weight is 415 g/mol. The second-order valence-corrected chi connectivity index (χ2v) is 12.4. The lowest BCUT2D eigenvalue weighted by Crippen LogP contribution is -2.56. The summed E-state index contributed by atoms with van der Waals surface area (Å²) in [5.74, 6) is 4.31. The van der Waals surface area contributed by atoms with Gasteiger partial charge in [0.2, 0.25) is 0 Å². The highest BCUT2D eigenvalue weighted by Gasteiger charge is 2.61. The number of allylic oxidation sites excluding steroid dienone is 3. The summed E-state index contributed by atoms with van der Waals surface area (Å²) in [6, 6.07) is 0. The molecular formula is C28H46O2. The van der Waals surface area contributed by atoms with E-state index in [0.717, 1.165) is 38.0 Å². The van der Waals surface area contributed by atoms with Gasteiger partial charge in [-0.05, 0) is 97.2 Å². The monoisotopic (exact) mass is 414 g/mol. The van der Waals surface area contributed by atoms with Gasteiger partial charge in [0, 0.05) is 0 Å². The van der Waals surface area contributed by atoms with Gasteiger partial charge in [0.15, 0.2) is 0 Å². The molecule has 0 spiro atoms. The van der Waals surface area contributed by atoms with Crippen LogP contribution in [0.15, 0.2) is 23.8 Å². The van der Waals surface area contributed by atoms with Crippen LogP contribution in [0.4, 0.5) is 0 Å². The van der Waals surface area contributed by atoms with Crippen molar-refractivity contribution in [1.82, 2.24) is 0 Å². The van der Waals surface area contributed by atoms with Gasteiger partial charge in [-0.1, -0.05) is 65.3 Å². The predicted octanol–water partition coefficient (Wildman–Crippen LogP) is 6.38. The molecule has 0 aromatic rings. The quantitative estimate of drug-likeness (QED) is 0.524. The second-order valence-electron chi connectivity index (χ2n) is 12.4. The van der Waals surface area contributed by atoms with E-state index < -0.39 is 0 Å². The van der Waals surface area contributed by atoms with E-state index in [2.05, 4.69) is 59.8 Å². The summed E-state index contributed by atoms with van der Waals surface area (Å²) >= 11 is 0. The molecule has 2 nitrogen and oxygen atoms in total. The third-order valence-corrected chi connectivity index (χ3v) is 10.5. The van der Waals surface area contributed by atoms with Crippen LogP contribution in [0, 0.1) is 52.3 Å². The molecule has 3 fully saturated rings. The lowest BCUT2D eigenvalue weighted by molar-refractivity contribution is -0.127. The van der Waals surface area contributed by atoms with Crippen molar-refractivity contribution in [2.75, 3.05) is 0 Å². The maximum Gasteiger partial charge on any atom is 0.0585 e. The molecule has 10 unspecified atom stereocenters. The van der Waals surface area contributed by atoms with E-state index >= 15 is 0 Å². The van der Waals surface area contributed by atoms with Crippen LogP contribution in [0.1, 0.15) is 86.5 Å². The minimum atomic E-state index is -0.202. The van der Waals surface area contributed by atoms with Crippen LogP contribution in [-0.2, 0) is 0 Å². The number of hydrogen-bond acceptors (Lipinski definition) is 2. The van der Waals surface area contributed by atoms with Crippen LogP contribution in [0.3, 0.4) is 0 Å². The van der Waals surface area contributed by atoms with Gasteiger partial charge in [0.25, 0.3) is 0 Å². The largest absolute Gasteiger partial charge is 0.393 e. The van der Waals surface area contributed by atoms with E-state index in [-0.39, 0.29) is 23.0 Å². The van der Waals surface area contributed by atoms with Crippen LogP contribution >= 0.6 is 0 Å². The van der Waals surface area contributed by atoms with Crippen LogP contribution < -0.4 is 0 Å². The second kappa shape index (κ2) is 8.07. The Kier molecular flexibility index (Phi) is 6.08. The highest BCUT2D eigenvalue weighted by atomic mass is 16.3. The highest BCUT2D eigenvalue weighted by Crippen LogP contribution is 2.67. The van der Waals surface area contributed by atoms with E-state index in [1.54, 1.807) is 0 Å². The van der Waals surface area contributed by atoms with Gasteiger partial charge in [-0.25, -0.2) is 0 Å². The third-order valence-electron chi connectivity index (χ3n) is 10.5. The Hall–Kier alpha value is -0.600. The van der Waals surface area contributed by atoms with Crippen molar-refractivity contribution in [2.24, 2.45) is 52.3 Å². The SMILES string of the molecule is CC(C)C(C)C=CC(C)C1CCC2C3CC=C4CC(O)CCC4(C)C3C(O)CC12C. The minimum Gasteiger partial charge on any atom is -0.393 e. The molecule has 0 aromatic heterocycles. The lowest BCUT2D eigenvalue weighted by atomic mass is 9.46. The first-order valence-electron chi connectivity index (χ1n) is 12.8. The summed E-state index contributed by atoms with van der Waals surface area (Å²) in [4.78, 5) is 0. The van der Waals surface area contributed by atoms with Gasteiger partial charge in [-0.3, -0.25) is 0 Å². The molecule has 30 heavy (non-hydrogen) atoms. The van der Waals surface area contributed by atoms with Crippen molar-refractivity contribution in [3.05, 3.63) is 23.8 Å². The van der Waals surface area contributed by atoms with Crippen molar-refractivity contribution in [3.8, 4) is 0 Å². The van der Waals surface area contributed by atoms with Crippen LogP contribution in [0.2, 0.25) is 0 Å². The molecule has 4 aliphatic carbocycles. The van der Waals surface area contributed by atoms with Crippen LogP contribution in [0.25, 0.3) is 0 Å². The number of rotatable bonds is 4. The summed E-state index contributed by atoms with van der Waals surface area (Å²) in [6.07, 6.45) is 14.5. The molecule has 2 heteroatoms. The molecule has 0 heterocycles. The molecular weight excluding hydrogens is 368 g/mol. The fraction of sp³-hybridized carbons (Fsp3) is 0.857. The fourth-order valence-corrected chi connectivity index (χ4v) is 8.38. The normalized spacial score (nSPS) is 48.1. The van der Waals surface area contributed by atoms with Crippen molar-refractivity contribution in [2.45, 2.75) is 98.7 Å². The Morgan fingerprint density at radius 1 is 1.03 bits per heavy atom. The number of aliphatic hydroxyl groups is 2. The summed E-state index contributed by atoms with van der Waals surface area (Å²) in [6.45, 7) is 14.3. The predicted molar refractivity (Wildman–Crippen MR) is 125 cm³/mol. The Morgan fingerprint density at radius 3 is 2.47 bits per heavy atom. The molecule has 0 aliphatic heterocycles. The maximum absolute atomic E-state index is 11.6. The zero-order valence-corrected chi connectivity index (χ0v) is 20.3. The van der Waals surface area contributed by atoms with Crippen molar-refractivity contribution in [1.29, 1.82) is 0 Å². The van der Waals surface area contributed by atoms with Crippen molar-refractivity contribution < 1.29 is 10.2 Å². The van der Waals surface area contributed by atoms with Crippen LogP contribution in [0.5, 0.6) is 0 Å². The van der Waals surface area contributed by atoms with Crippen molar-refractivity contribution >= 4 is 0 Å². The van der Waals surface area contributed by atoms with Gasteiger partial charge < -0.3 is 10.2 Å². The summed E-state index contributed by atoms with van der Waals surface area (Å²) in [7, 11) is 0. The Balaban J connectivity index is 1.58. The van der Waals surface area contributed by atoms with Gasteiger partial charge >= 0.3 is 0 Å². The lowest BCUT2D eigenvalue weighted by Gasteiger charge is -2.60. The fourth-order valence-electron chi connectivity index (χ4n) is 8.38. The van der Waals surface area contributed by atoms with E-state index in [4.69, 9.17) is 0 Å². The van der Waals surface area contributed by atoms with E-state index in [1.165, 1.54) is 18.4 Å². The molecule has 0 amide bonds. The minimum absolute atomic E-state index is 0.0964. The summed E-state index contributed by atoms with van der Waals surface area (Å²) in [5, 5.41) is 21.8. The standard InChI is InChI=1S/C28H46O2/c1-17(2)18(3)7-8-19(4)23-11-12-24-22-10-9-20-15-21(29)13-14-27(20,5)26(22)25(30)16-28(23,24)6/h7-9,17-19,21-26,29-30H,10-16H2,1-6H3. The van der Waals surface area contributed by atoms with Gasteiger partial charge in [0.05, 0.1) is 12.2 Å². The zero-order valence-electron chi connectivity index (χ0n) is 20.3. The molecule has 0 saturated heterocycles. The maximum atomic E-state index is 11.6. The van der Waals surface area contributed by atoms with Gasteiger partial charge in [-0.2, -0.15) is 0 Å². The number of aliphatic hydroxyl groups excluding tert-OH is 2. The third kappa shape index (κ3) is 3.54.